The number of nitrogens with one attached hydrogen (secondary N) is 2. The molecule has 182 valence electrons. The van der Waals surface area contributed by atoms with Crippen molar-refractivity contribution in [1.29, 1.82) is 0 Å². The average Bonchev–Trinajstić information content (AvgIpc) is 3.72. The highest BCUT2D eigenvalue weighted by Gasteiger charge is 2.29. The smallest absolute Gasteiger partial charge is 0.251 e. The quantitative estimate of drug-likeness (QED) is 0.393. The van der Waals surface area contributed by atoms with Gasteiger partial charge in [0.25, 0.3) is 5.91 Å². The predicted octanol–water partition coefficient (Wildman–Crippen LogP) is 3.51. The van der Waals surface area contributed by atoms with Gasteiger partial charge in [-0.25, -0.2) is 4.98 Å². The molecule has 2 aromatic carbocycles. The van der Waals surface area contributed by atoms with Gasteiger partial charge >= 0.3 is 0 Å². The van der Waals surface area contributed by atoms with E-state index in [9.17, 15) is 14.7 Å². The number of hydrogen-bond acceptors (Lipinski definition) is 5. The number of amides is 2. The first-order valence-electron chi connectivity index (χ1n) is 11.6. The first-order chi connectivity index (χ1) is 16.9. The molecule has 1 unspecified atom stereocenters. The van der Waals surface area contributed by atoms with Crippen LogP contribution in [0.1, 0.15) is 48.2 Å². The number of aromatic nitrogens is 1. The van der Waals surface area contributed by atoms with Crippen molar-refractivity contribution in [2.24, 2.45) is 5.92 Å². The molecule has 1 fully saturated rings. The lowest BCUT2D eigenvalue weighted by Crippen LogP contribution is -2.40. The van der Waals surface area contributed by atoms with E-state index in [2.05, 4.69) is 27.5 Å². The maximum atomic E-state index is 12.3. The molecular weight excluding hydrogens is 464 g/mol. The zero-order valence-corrected chi connectivity index (χ0v) is 20.5. The molecule has 1 aromatic heterocycles. The first kappa shape index (κ1) is 26.0. The van der Waals surface area contributed by atoms with Crippen molar-refractivity contribution in [3.63, 3.8) is 0 Å². The summed E-state index contributed by atoms with van der Waals surface area (Å²) in [7, 11) is 0. The van der Waals surface area contributed by atoms with Crippen LogP contribution in [0.2, 0.25) is 5.02 Å². The molecule has 1 saturated carbocycles. The van der Waals surface area contributed by atoms with Crippen LogP contribution in [0, 0.1) is 17.8 Å². The van der Waals surface area contributed by atoms with Gasteiger partial charge in [0, 0.05) is 52.1 Å². The maximum absolute atomic E-state index is 12.3. The number of nitrogen functional groups attached to an aromatic ring is 1. The molecule has 5 N–H and O–H groups in total. The third kappa shape index (κ3) is 7.19. The summed E-state index contributed by atoms with van der Waals surface area (Å²) in [5, 5.41) is 17.6. The Morgan fingerprint density at radius 2 is 1.80 bits per heavy atom. The number of nitrogens with zero attached hydrogens (tertiary/aromatic N) is 1. The minimum absolute atomic E-state index is 0.0405. The molecule has 2 amide bonds. The van der Waals surface area contributed by atoms with E-state index in [4.69, 9.17) is 17.3 Å². The zero-order valence-electron chi connectivity index (χ0n) is 19.8. The normalized spacial score (nSPS) is 13.0. The van der Waals surface area contributed by atoms with Gasteiger partial charge in [-0.3, -0.25) is 9.59 Å². The minimum atomic E-state index is -0.852. The highest BCUT2D eigenvalue weighted by atomic mass is 35.5. The van der Waals surface area contributed by atoms with Crippen LogP contribution >= 0.6 is 11.6 Å². The van der Waals surface area contributed by atoms with E-state index in [0.717, 1.165) is 23.6 Å². The number of aliphatic hydroxyl groups is 1. The van der Waals surface area contributed by atoms with Gasteiger partial charge in [0.05, 0.1) is 11.7 Å². The van der Waals surface area contributed by atoms with Crippen LogP contribution in [0.5, 0.6) is 0 Å². The Kier molecular flexibility index (Phi) is 9.07. The van der Waals surface area contributed by atoms with Crippen molar-refractivity contribution in [2.75, 3.05) is 18.8 Å². The maximum Gasteiger partial charge on any atom is 0.251 e. The van der Waals surface area contributed by atoms with E-state index in [1.807, 2.05) is 19.9 Å². The number of benzene rings is 2. The van der Waals surface area contributed by atoms with Crippen LogP contribution in [0.3, 0.4) is 0 Å². The zero-order chi connectivity index (χ0) is 25.4. The van der Waals surface area contributed by atoms with Crippen LogP contribution in [0.15, 0.2) is 48.7 Å². The van der Waals surface area contributed by atoms with Crippen LogP contribution in [0.25, 0.3) is 10.8 Å². The number of hydrogen-bond donors (Lipinski definition) is 4. The molecule has 3 aromatic rings. The lowest BCUT2D eigenvalue weighted by molar-refractivity contribution is -0.122. The number of rotatable bonds is 6. The number of fused-ring (bicyclic) bond motifs is 1. The molecule has 0 spiro atoms. The van der Waals surface area contributed by atoms with Gasteiger partial charge in [0.2, 0.25) is 5.91 Å². The van der Waals surface area contributed by atoms with Crippen molar-refractivity contribution in [3.05, 3.63) is 70.4 Å². The van der Waals surface area contributed by atoms with Crippen LogP contribution in [-0.2, 0) is 4.79 Å². The average molecular weight is 493 g/mol. The molecular formula is C27H29ClN4O3. The van der Waals surface area contributed by atoms with Gasteiger partial charge in [-0.15, -0.1) is 0 Å². The Hall–Kier alpha value is -3.60. The molecule has 0 saturated heterocycles. The number of anilines is 1. The van der Waals surface area contributed by atoms with Gasteiger partial charge < -0.3 is 21.5 Å². The van der Waals surface area contributed by atoms with E-state index in [-0.39, 0.29) is 30.8 Å². The Morgan fingerprint density at radius 3 is 2.49 bits per heavy atom. The fraction of sp³-hybridized carbons (Fsp3) is 0.296. The molecule has 0 radical (unpaired) electrons. The molecule has 1 heterocycles. The SMILES string of the molecule is CC.Nc1ncc2ccc(Cl)cc2c1C#Cc1ccc(C(=O)NCC(O)CNC(=O)C2CC2)cc1. The Morgan fingerprint density at radius 1 is 1.11 bits per heavy atom. The highest BCUT2D eigenvalue weighted by molar-refractivity contribution is 6.31. The number of pyridine rings is 1. The summed E-state index contributed by atoms with van der Waals surface area (Å²) in [6.45, 7) is 4.16. The highest BCUT2D eigenvalue weighted by Crippen LogP contribution is 2.28. The Bertz CT molecular complexity index is 1260. The lowest BCUT2D eigenvalue weighted by atomic mass is 10.1. The topological polar surface area (TPSA) is 117 Å². The second kappa shape index (κ2) is 12.2. The number of carbonyl (C=O) groups is 2. The van der Waals surface area contributed by atoms with Crippen molar-refractivity contribution in [1.82, 2.24) is 15.6 Å². The van der Waals surface area contributed by atoms with Gasteiger partial charge in [0.15, 0.2) is 0 Å². The lowest BCUT2D eigenvalue weighted by Gasteiger charge is -2.13. The summed E-state index contributed by atoms with van der Waals surface area (Å²) in [4.78, 5) is 28.1. The van der Waals surface area contributed by atoms with Crippen LogP contribution in [0.4, 0.5) is 5.82 Å². The van der Waals surface area contributed by atoms with Crippen molar-refractivity contribution in [2.45, 2.75) is 32.8 Å². The Balaban J connectivity index is 0.00000167. The van der Waals surface area contributed by atoms with E-state index < -0.39 is 6.10 Å². The van der Waals surface area contributed by atoms with E-state index in [1.165, 1.54) is 0 Å². The Labute approximate surface area is 210 Å². The minimum Gasteiger partial charge on any atom is -0.389 e. The summed E-state index contributed by atoms with van der Waals surface area (Å²) >= 11 is 6.12. The van der Waals surface area contributed by atoms with Gasteiger partial charge in [-0.05, 0) is 49.2 Å². The number of carbonyl (C=O) groups excluding carboxylic acids is 2. The fourth-order valence-electron chi connectivity index (χ4n) is 3.26. The first-order valence-corrected chi connectivity index (χ1v) is 12.0. The monoisotopic (exact) mass is 492 g/mol. The third-order valence-corrected chi connectivity index (χ3v) is 5.56. The third-order valence-electron chi connectivity index (χ3n) is 5.32. The molecule has 1 aliphatic carbocycles. The van der Waals surface area contributed by atoms with Crippen LogP contribution in [-0.4, -0.2) is 41.1 Å². The summed E-state index contributed by atoms with van der Waals surface area (Å²) in [5.41, 5.74) is 7.76. The van der Waals surface area contributed by atoms with Crippen LogP contribution < -0.4 is 16.4 Å². The number of nitrogens with two attached hydrogens (primary N) is 1. The van der Waals surface area contributed by atoms with E-state index in [0.29, 0.717) is 27.5 Å². The largest absolute Gasteiger partial charge is 0.389 e. The molecule has 1 aliphatic rings. The fourth-order valence-corrected chi connectivity index (χ4v) is 3.44. The van der Waals surface area contributed by atoms with Crippen molar-refractivity contribution in [3.8, 4) is 11.8 Å². The van der Waals surface area contributed by atoms with Gasteiger partial charge in [0.1, 0.15) is 5.82 Å². The second-order valence-electron chi connectivity index (χ2n) is 7.96. The number of aliphatic hydroxyl groups excluding tert-OH is 1. The molecule has 0 bridgehead atoms. The predicted molar refractivity (Wildman–Crippen MR) is 139 cm³/mol. The summed E-state index contributed by atoms with van der Waals surface area (Å²) in [6.07, 6.45) is 2.63. The van der Waals surface area contributed by atoms with Gasteiger partial charge in [-0.2, -0.15) is 0 Å². The van der Waals surface area contributed by atoms with E-state index >= 15 is 0 Å². The molecule has 7 nitrogen and oxygen atoms in total. The van der Waals surface area contributed by atoms with Crippen molar-refractivity contribution < 1.29 is 14.7 Å². The number of halogens is 1. The molecule has 4 rings (SSSR count). The standard InChI is InChI=1S/C25H23ClN4O3.C2H6/c26-19-9-8-18-12-28-23(27)21(22(18)11-19)10-3-15-1-4-16(5-2-15)24(32)29-13-20(31)14-30-25(33)17-6-7-17;1-2/h1-2,4-5,8-9,11-12,17,20,31H,6-7,13-14H2,(H2,27,28)(H,29,32)(H,30,33);1-2H3. The molecule has 1 atom stereocenters. The van der Waals surface area contributed by atoms with Crippen molar-refractivity contribution >= 4 is 40.0 Å². The summed E-state index contributed by atoms with van der Waals surface area (Å²) < 4.78 is 0. The van der Waals surface area contributed by atoms with E-state index in [1.54, 1.807) is 42.6 Å². The molecule has 8 heteroatoms. The summed E-state index contributed by atoms with van der Waals surface area (Å²) in [5.74, 6) is 6.15. The molecule has 0 aliphatic heterocycles. The molecule has 35 heavy (non-hydrogen) atoms. The van der Waals surface area contributed by atoms with Gasteiger partial charge in [-0.1, -0.05) is 43.4 Å². The second-order valence-corrected chi connectivity index (χ2v) is 8.40. The summed E-state index contributed by atoms with van der Waals surface area (Å²) in [6, 6.07) is 12.2.